The minimum Gasteiger partial charge on any atom is -0.354 e. The molecule has 0 aliphatic carbocycles. The molecule has 31 heavy (non-hydrogen) atoms. The van der Waals surface area contributed by atoms with Crippen LogP contribution in [0.1, 0.15) is 33.8 Å². The molecule has 0 radical (unpaired) electrons. The molecule has 3 heterocycles. The van der Waals surface area contributed by atoms with Crippen LogP contribution >= 0.6 is 11.3 Å². The number of pyridine rings is 1. The van der Waals surface area contributed by atoms with Crippen molar-refractivity contribution in [3.05, 3.63) is 64.8 Å². The molecule has 1 N–H and O–H groups in total. The Labute approximate surface area is 186 Å². The summed E-state index contributed by atoms with van der Waals surface area (Å²) in [6.07, 6.45) is 4.45. The van der Waals surface area contributed by atoms with E-state index in [0.717, 1.165) is 45.6 Å². The minimum absolute atomic E-state index is 0.0535. The van der Waals surface area contributed by atoms with E-state index in [4.69, 9.17) is 0 Å². The molecule has 0 saturated carbocycles. The molecule has 6 nitrogen and oxygen atoms in total. The maximum atomic E-state index is 13.1. The summed E-state index contributed by atoms with van der Waals surface area (Å²) in [6, 6.07) is 14.1. The van der Waals surface area contributed by atoms with E-state index in [9.17, 15) is 9.59 Å². The molecule has 162 valence electrons. The lowest BCUT2D eigenvalue weighted by molar-refractivity contribution is -0.133. The lowest BCUT2D eigenvalue weighted by Gasteiger charge is -2.27. The van der Waals surface area contributed by atoms with E-state index in [1.165, 1.54) is 11.3 Å². The summed E-state index contributed by atoms with van der Waals surface area (Å²) in [5, 5.41) is 3.89. The lowest BCUT2D eigenvalue weighted by atomic mass is 10.0. The number of carbonyl (C=O) groups excluding carboxylic acids is 2. The first-order chi connectivity index (χ1) is 15.1. The number of fused-ring (bicyclic) bond motifs is 1. The van der Waals surface area contributed by atoms with Crippen molar-refractivity contribution in [3.63, 3.8) is 0 Å². The lowest BCUT2D eigenvalue weighted by Crippen LogP contribution is -2.42. The summed E-state index contributed by atoms with van der Waals surface area (Å²) in [7, 11) is 3.62. The van der Waals surface area contributed by atoms with Gasteiger partial charge in [-0.25, -0.2) is 0 Å². The van der Waals surface area contributed by atoms with Gasteiger partial charge in [0.1, 0.15) is 0 Å². The zero-order chi connectivity index (χ0) is 21.8. The molecule has 1 saturated heterocycles. The van der Waals surface area contributed by atoms with Gasteiger partial charge in [0.2, 0.25) is 5.91 Å². The zero-order valence-electron chi connectivity index (χ0n) is 18.0. The number of likely N-dealkylation sites (tertiary alicyclic amines) is 1. The Balaban J connectivity index is 1.49. The normalized spacial score (nSPS) is 16.2. The summed E-state index contributed by atoms with van der Waals surface area (Å²) in [4.78, 5) is 34.8. The zero-order valence-corrected chi connectivity index (χ0v) is 18.8. The van der Waals surface area contributed by atoms with Crippen LogP contribution < -0.4 is 5.32 Å². The molecule has 0 bridgehead atoms. The molecule has 3 aromatic rings. The molecule has 1 aliphatic heterocycles. The van der Waals surface area contributed by atoms with Crippen molar-refractivity contribution in [1.82, 2.24) is 20.1 Å². The van der Waals surface area contributed by atoms with Gasteiger partial charge in [-0.15, -0.1) is 11.3 Å². The predicted molar refractivity (Wildman–Crippen MR) is 124 cm³/mol. The Morgan fingerprint density at radius 2 is 2.03 bits per heavy atom. The van der Waals surface area contributed by atoms with E-state index in [1.54, 1.807) is 13.2 Å². The highest BCUT2D eigenvalue weighted by molar-refractivity contribution is 7.21. The van der Waals surface area contributed by atoms with Gasteiger partial charge in [-0.05, 0) is 55.5 Å². The van der Waals surface area contributed by atoms with Crippen molar-refractivity contribution in [2.45, 2.75) is 31.8 Å². The number of aromatic nitrogens is 1. The average molecular weight is 437 g/mol. The summed E-state index contributed by atoms with van der Waals surface area (Å²) in [6.45, 7) is 1.78. The Kier molecular flexibility index (Phi) is 6.63. The SMILES string of the molecule is CNC(=O)c1sc2ccccc2c1C[C@H]1CCCN1C(=O)CN(C)Cc1ccccn1. The number of amides is 2. The highest BCUT2D eigenvalue weighted by Crippen LogP contribution is 2.34. The van der Waals surface area contributed by atoms with E-state index in [1.807, 2.05) is 47.2 Å². The Bertz CT molecular complexity index is 1070. The largest absolute Gasteiger partial charge is 0.354 e. The van der Waals surface area contributed by atoms with Crippen molar-refractivity contribution in [3.8, 4) is 0 Å². The molecule has 4 rings (SSSR count). The second-order valence-corrected chi connectivity index (χ2v) is 9.12. The first-order valence-corrected chi connectivity index (χ1v) is 11.5. The van der Waals surface area contributed by atoms with Crippen molar-refractivity contribution in [2.24, 2.45) is 0 Å². The summed E-state index contributed by atoms with van der Waals surface area (Å²) in [5.74, 6) is 0.0872. The van der Waals surface area contributed by atoms with Crippen molar-refractivity contribution >= 4 is 33.2 Å². The third-order valence-electron chi connectivity index (χ3n) is 5.83. The molecule has 2 amide bonds. The van der Waals surface area contributed by atoms with Crippen molar-refractivity contribution < 1.29 is 9.59 Å². The molecule has 7 heteroatoms. The second kappa shape index (κ2) is 9.58. The van der Waals surface area contributed by atoms with Crippen LogP contribution in [-0.2, 0) is 17.8 Å². The maximum Gasteiger partial charge on any atom is 0.261 e. The van der Waals surface area contributed by atoms with Gasteiger partial charge in [0.05, 0.1) is 17.1 Å². The Morgan fingerprint density at radius 3 is 2.81 bits per heavy atom. The van der Waals surface area contributed by atoms with Crippen LogP contribution in [0, 0.1) is 0 Å². The quantitative estimate of drug-likeness (QED) is 0.617. The number of nitrogens with zero attached hydrogens (tertiary/aromatic N) is 3. The van der Waals surface area contributed by atoms with Crippen molar-refractivity contribution in [1.29, 1.82) is 0 Å². The van der Waals surface area contributed by atoms with E-state index in [2.05, 4.69) is 22.4 Å². The third-order valence-corrected chi connectivity index (χ3v) is 7.04. The number of carbonyl (C=O) groups is 2. The molecule has 1 aliphatic rings. The number of rotatable bonds is 7. The molecule has 0 spiro atoms. The van der Waals surface area contributed by atoms with Crippen LogP contribution in [0.5, 0.6) is 0 Å². The average Bonchev–Trinajstić information content (AvgIpc) is 3.39. The molecular formula is C24H28N4O2S. The topological polar surface area (TPSA) is 65.5 Å². The van der Waals surface area contributed by atoms with Crippen LogP contribution in [0.4, 0.5) is 0 Å². The standard InChI is InChI=1S/C24H28N4O2S/c1-25-24(30)23-20(19-10-3-4-11-21(19)31-23)14-18-9-7-13-28(18)22(29)16-27(2)15-17-8-5-6-12-26-17/h3-6,8,10-12,18H,7,9,13-16H2,1-2H3,(H,25,30)/t18-/m1/s1. The van der Waals surface area contributed by atoms with Gasteiger partial charge in [0.25, 0.3) is 5.91 Å². The highest BCUT2D eigenvalue weighted by Gasteiger charge is 2.31. The van der Waals surface area contributed by atoms with Gasteiger partial charge in [-0.1, -0.05) is 24.3 Å². The molecule has 1 atom stereocenters. The smallest absolute Gasteiger partial charge is 0.261 e. The van der Waals surface area contributed by atoms with Crippen LogP contribution in [0.15, 0.2) is 48.7 Å². The fourth-order valence-corrected chi connectivity index (χ4v) is 5.54. The highest BCUT2D eigenvalue weighted by atomic mass is 32.1. The van der Waals surface area contributed by atoms with E-state index >= 15 is 0 Å². The molecule has 2 aromatic heterocycles. The number of thiophene rings is 1. The monoisotopic (exact) mass is 436 g/mol. The summed E-state index contributed by atoms with van der Waals surface area (Å²) >= 11 is 1.53. The van der Waals surface area contributed by atoms with Crippen LogP contribution in [-0.4, -0.2) is 59.8 Å². The maximum absolute atomic E-state index is 13.1. The molecule has 0 unspecified atom stereocenters. The van der Waals surface area contributed by atoms with E-state index < -0.39 is 0 Å². The minimum atomic E-state index is -0.0535. The molecular weight excluding hydrogens is 408 g/mol. The van der Waals surface area contributed by atoms with Crippen LogP contribution in [0.2, 0.25) is 0 Å². The summed E-state index contributed by atoms with van der Waals surface area (Å²) < 4.78 is 1.11. The Hall–Kier alpha value is -2.77. The first kappa shape index (κ1) is 21.5. The first-order valence-electron chi connectivity index (χ1n) is 10.7. The van der Waals surface area contributed by atoms with Gasteiger partial charge in [0, 0.05) is 37.1 Å². The van der Waals surface area contributed by atoms with Crippen molar-refractivity contribution in [2.75, 3.05) is 27.2 Å². The molecule has 1 aromatic carbocycles. The predicted octanol–water partition coefficient (Wildman–Crippen LogP) is 3.32. The van der Waals surface area contributed by atoms with Gasteiger partial charge >= 0.3 is 0 Å². The Morgan fingerprint density at radius 1 is 1.23 bits per heavy atom. The molecule has 1 fully saturated rings. The van der Waals surface area contributed by atoms with Gasteiger partial charge in [-0.3, -0.25) is 19.5 Å². The van der Waals surface area contributed by atoms with E-state index in [-0.39, 0.29) is 17.9 Å². The third kappa shape index (κ3) is 4.78. The number of hydrogen-bond donors (Lipinski definition) is 1. The van der Waals surface area contributed by atoms with E-state index in [0.29, 0.717) is 19.5 Å². The van der Waals surface area contributed by atoms with Gasteiger partial charge in [-0.2, -0.15) is 0 Å². The van der Waals surface area contributed by atoms with Gasteiger partial charge in [0.15, 0.2) is 0 Å². The van der Waals surface area contributed by atoms with Gasteiger partial charge < -0.3 is 10.2 Å². The fourth-order valence-electron chi connectivity index (χ4n) is 4.36. The summed E-state index contributed by atoms with van der Waals surface area (Å²) in [5.41, 5.74) is 2.02. The van der Waals surface area contributed by atoms with Crippen LogP contribution in [0.25, 0.3) is 10.1 Å². The second-order valence-electron chi connectivity index (χ2n) is 8.07. The van der Waals surface area contributed by atoms with Crippen LogP contribution in [0.3, 0.4) is 0 Å². The number of benzene rings is 1. The number of nitrogens with one attached hydrogen (secondary N) is 1. The fraction of sp³-hybridized carbons (Fsp3) is 0.375. The number of likely N-dealkylation sites (N-methyl/N-ethyl adjacent to an activating group) is 1. The number of hydrogen-bond acceptors (Lipinski definition) is 5.